The fourth-order valence-corrected chi connectivity index (χ4v) is 8.61. The molecule has 0 bridgehead atoms. The van der Waals surface area contributed by atoms with Gasteiger partial charge in [0.25, 0.3) is 0 Å². The number of aromatic nitrogens is 4. The largest absolute Gasteiger partial charge is 0.479 e. The maximum Gasteiger partial charge on any atom is 0.213 e. The third-order valence-electron chi connectivity index (χ3n) is 12.8. The van der Waals surface area contributed by atoms with E-state index < -0.39 is 0 Å². The number of rotatable bonds is 22. The number of nitrogens with zero attached hydrogens (tertiary/aromatic N) is 1. The maximum atomic E-state index is 10.3. The number of fused-ring (bicyclic) bond motifs is 4. The van der Waals surface area contributed by atoms with Crippen LogP contribution in [0, 0.1) is 12.8 Å². The number of hydrogen-bond acceptors (Lipinski definition) is 4. The second kappa shape index (κ2) is 25.6. The minimum atomic E-state index is 0.204. The topological polar surface area (TPSA) is 119 Å². The van der Waals surface area contributed by atoms with Crippen LogP contribution < -0.4 is 14.4 Å². The van der Waals surface area contributed by atoms with Crippen LogP contribution in [-0.2, 0) is 9.59 Å². The highest BCUT2D eigenvalue weighted by Crippen LogP contribution is 2.34. The lowest BCUT2D eigenvalue weighted by Gasteiger charge is -2.09. The summed E-state index contributed by atoms with van der Waals surface area (Å²) in [5.74, 6) is 1.91. The molecule has 0 aliphatic carbocycles. The molecular formula is C61H73N5O4. The van der Waals surface area contributed by atoms with E-state index in [0.29, 0.717) is 0 Å². The van der Waals surface area contributed by atoms with Crippen LogP contribution in [0.15, 0.2) is 121 Å². The zero-order valence-corrected chi connectivity index (χ0v) is 42.3. The quantitative estimate of drug-likeness (QED) is 0.0400. The first kappa shape index (κ1) is 50.9. The number of ether oxygens (including phenoxy) is 2. The molecule has 0 aliphatic rings. The summed E-state index contributed by atoms with van der Waals surface area (Å²) in [5.41, 5.74) is 13.5. The standard InChI is InChI=1S/C48H54N4O2.C9H11NO.C4H8O/c1-3-5-7-9-11-13-23-53-47-31-39-27-35(17-21-43(39)51-47)33-15-19-41-37(25-33)29-45(49-41)46-30-38-26-34(16-20-42(38)50-46)36-18-22-44-40(28-36)32-48(52-44)54-24-14-12-10-8-6-4-2;1-8-3-5-9(6-4-8)10(2)7-11;1-4(2)3-5/h15-22,25-32,49-52H,3-14,23-24H2,1-2H3;3-7H,1-2H3;3-4H,1-2H3. The van der Waals surface area contributed by atoms with E-state index in [1.807, 2.05) is 45.0 Å². The molecule has 0 atom stereocenters. The molecule has 9 rings (SSSR count). The first-order valence-corrected chi connectivity index (χ1v) is 25.6. The highest BCUT2D eigenvalue weighted by Gasteiger charge is 2.12. The van der Waals surface area contributed by atoms with E-state index in [4.69, 9.17) is 9.47 Å². The minimum Gasteiger partial charge on any atom is -0.479 e. The molecule has 5 aromatic carbocycles. The molecule has 0 aliphatic heterocycles. The summed E-state index contributed by atoms with van der Waals surface area (Å²) in [4.78, 5) is 35.6. The Bertz CT molecular complexity index is 2870. The summed E-state index contributed by atoms with van der Waals surface area (Å²) < 4.78 is 12.1. The number of aryl methyl sites for hydroxylation is 1. The molecule has 0 saturated carbocycles. The molecule has 366 valence electrons. The smallest absolute Gasteiger partial charge is 0.213 e. The van der Waals surface area contributed by atoms with Crippen LogP contribution in [0.2, 0.25) is 0 Å². The van der Waals surface area contributed by atoms with E-state index in [9.17, 15) is 9.59 Å². The van der Waals surface area contributed by atoms with Crippen LogP contribution in [0.4, 0.5) is 5.69 Å². The van der Waals surface area contributed by atoms with Gasteiger partial charge < -0.3 is 39.1 Å². The molecule has 4 N–H and O–H groups in total. The van der Waals surface area contributed by atoms with Gasteiger partial charge in [0.1, 0.15) is 6.29 Å². The van der Waals surface area contributed by atoms with Crippen molar-refractivity contribution >= 4 is 62.0 Å². The molecular weight excluding hydrogens is 867 g/mol. The van der Waals surface area contributed by atoms with Crippen molar-refractivity contribution in [3.05, 3.63) is 127 Å². The number of amides is 1. The second-order valence-electron chi connectivity index (χ2n) is 19.0. The lowest BCUT2D eigenvalue weighted by Crippen LogP contribution is -2.13. The molecule has 1 amide bonds. The summed E-state index contributed by atoms with van der Waals surface area (Å²) >= 11 is 0. The molecule has 0 fully saturated rings. The number of carbonyl (C=O) groups excluding carboxylic acids is 2. The highest BCUT2D eigenvalue weighted by molar-refractivity contribution is 5.95. The number of benzene rings is 5. The third-order valence-corrected chi connectivity index (χ3v) is 12.8. The Morgan fingerprint density at radius 3 is 1.20 bits per heavy atom. The van der Waals surface area contributed by atoms with E-state index in [0.717, 1.165) is 89.7 Å². The van der Waals surface area contributed by atoms with Gasteiger partial charge >= 0.3 is 0 Å². The fourth-order valence-electron chi connectivity index (χ4n) is 8.61. The Morgan fingerprint density at radius 2 is 0.829 bits per heavy atom. The van der Waals surface area contributed by atoms with E-state index in [1.54, 1.807) is 11.9 Å². The van der Waals surface area contributed by atoms with Gasteiger partial charge in [0.2, 0.25) is 6.41 Å². The van der Waals surface area contributed by atoms with Gasteiger partial charge in [0, 0.05) is 74.4 Å². The molecule has 0 unspecified atom stereocenters. The summed E-state index contributed by atoms with van der Waals surface area (Å²) in [6.45, 7) is 11.8. The Hall–Kier alpha value is -7.00. The summed E-state index contributed by atoms with van der Waals surface area (Å²) in [7, 11) is 1.73. The lowest BCUT2D eigenvalue weighted by atomic mass is 10.0. The van der Waals surface area contributed by atoms with Gasteiger partial charge in [-0.05, 0) is 115 Å². The van der Waals surface area contributed by atoms with Crippen molar-refractivity contribution in [2.45, 2.75) is 112 Å². The van der Waals surface area contributed by atoms with Gasteiger partial charge in [0.15, 0.2) is 11.8 Å². The number of hydrogen-bond donors (Lipinski definition) is 4. The third kappa shape index (κ3) is 14.1. The molecule has 0 spiro atoms. The number of aldehydes is 1. The zero-order chi connectivity index (χ0) is 49.2. The molecule has 70 heavy (non-hydrogen) atoms. The Morgan fingerprint density at radius 1 is 0.471 bits per heavy atom. The Balaban J connectivity index is 0.000000386. The van der Waals surface area contributed by atoms with Crippen LogP contribution >= 0.6 is 0 Å². The van der Waals surface area contributed by atoms with Gasteiger partial charge in [-0.25, -0.2) is 0 Å². The molecule has 9 aromatic rings. The van der Waals surface area contributed by atoms with Crippen molar-refractivity contribution in [3.63, 3.8) is 0 Å². The highest BCUT2D eigenvalue weighted by atomic mass is 16.5. The predicted molar refractivity (Wildman–Crippen MR) is 294 cm³/mol. The zero-order valence-electron chi connectivity index (χ0n) is 42.3. The van der Waals surface area contributed by atoms with Crippen molar-refractivity contribution in [3.8, 4) is 45.4 Å². The van der Waals surface area contributed by atoms with Crippen LogP contribution in [0.1, 0.15) is 110 Å². The molecule has 9 heteroatoms. The summed E-state index contributed by atoms with van der Waals surface area (Å²) in [6.07, 6.45) is 16.9. The van der Waals surface area contributed by atoms with E-state index >= 15 is 0 Å². The number of aromatic amines is 4. The van der Waals surface area contributed by atoms with Crippen LogP contribution in [0.25, 0.3) is 77.3 Å². The van der Waals surface area contributed by atoms with E-state index in [2.05, 4.69) is 131 Å². The summed E-state index contributed by atoms with van der Waals surface area (Å²) in [6, 6.07) is 43.1. The van der Waals surface area contributed by atoms with Gasteiger partial charge in [-0.15, -0.1) is 0 Å². The number of nitrogens with one attached hydrogen (secondary N) is 4. The molecule has 0 saturated heterocycles. The maximum absolute atomic E-state index is 10.3. The first-order chi connectivity index (χ1) is 34.1. The monoisotopic (exact) mass is 940 g/mol. The fraction of sp³-hybridized carbons (Fsp3) is 0.344. The molecule has 4 heterocycles. The average Bonchev–Trinajstić information content (AvgIpc) is 4.20. The number of H-pyrrole nitrogens is 4. The Kier molecular flexibility index (Phi) is 18.6. The van der Waals surface area contributed by atoms with Gasteiger partial charge in [-0.2, -0.15) is 0 Å². The van der Waals surface area contributed by atoms with Gasteiger partial charge in [-0.1, -0.05) is 134 Å². The number of carbonyl (C=O) groups is 2. The first-order valence-electron chi connectivity index (χ1n) is 25.6. The van der Waals surface area contributed by atoms with E-state index in [-0.39, 0.29) is 5.92 Å². The SMILES string of the molecule is CC(C)C=O.CCCCCCCCOc1cc2cc(-c3ccc4[nH]c(-c5cc6cc(-c7ccc8[nH]c(OCCCCCCCC)cc8c7)ccc6[nH]5)cc4c3)ccc2[nH]1.Cc1ccc(N(C)C=O)cc1. The van der Waals surface area contributed by atoms with Crippen LogP contribution in [-0.4, -0.2) is 52.9 Å². The molecule has 4 aromatic heterocycles. The number of unbranched alkanes of at least 4 members (excludes halogenated alkanes) is 10. The molecule has 0 radical (unpaired) electrons. The minimum absolute atomic E-state index is 0.204. The normalized spacial score (nSPS) is 11.2. The van der Waals surface area contributed by atoms with Crippen molar-refractivity contribution < 1.29 is 19.1 Å². The van der Waals surface area contributed by atoms with Crippen molar-refractivity contribution in [1.29, 1.82) is 0 Å². The van der Waals surface area contributed by atoms with Crippen molar-refractivity contribution in [1.82, 2.24) is 19.9 Å². The Labute approximate surface area is 414 Å². The second-order valence-corrected chi connectivity index (χ2v) is 19.0. The van der Waals surface area contributed by atoms with E-state index in [1.165, 1.54) is 114 Å². The molecule has 9 nitrogen and oxygen atoms in total. The predicted octanol–water partition coefficient (Wildman–Crippen LogP) is 16.5. The van der Waals surface area contributed by atoms with Gasteiger partial charge in [-0.3, -0.25) is 4.79 Å². The summed E-state index contributed by atoms with van der Waals surface area (Å²) in [5, 5.41) is 4.72. The van der Waals surface area contributed by atoms with Crippen molar-refractivity contribution in [2.24, 2.45) is 5.92 Å². The lowest BCUT2D eigenvalue weighted by molar-refractivity contribution is -0.110. The average molecular weight is 940 g/mol. The van der Waals surface area contributed by atoms with Gasteiger partial charge in [0.05, 0.1) is 24.6 Å². The van der Waals surface area contributed by atoms with Crippen molar-refractivity contribution in [2.75, 3.05) is 25.2 Å². The van der Waals surface area contributed by atoms with Crippen LogP contribution in [0.3, 0.4) is 0 Å². The van der Waals surface area contributed by atoms with Crippen LogP contribution in [0.5, 0.6) is 11.8 Å². The number of anilines is 1.